The average Bonchev–Trinajstić information content (AvgIpc) is 3.06. The number of nitriles is 1. The van der Waals surface area contributed by atoms with Crippen molar-refractivity contribution in [2.45, 2.75) is 56.7 Å². The van der Waals surface area contributed by atoms with E-state index < -0.39 is 11.0 Å². The normalized spacial score (nSPS) is 39.5. The van der Waals surface area contributed by atoms with Crippen molar-refractivity contribution in [3.63, 3.8) is 0 Å². The Balaban J connectivity index is 1.65. The van der Waals surface area contributed by atoms with E-state index in [1.54, 1.807) is 21.3 Å². The molecule has 0 spiro atoms. The smallest absolute Gasteiger partial charge is 0.147 e. The molecule has 7 atom stereocenters. The van der Waals surface area contributed by atoms with Gasteiger partial charge in [-0.1, -0.05) is 18.9 Å². The van der Waals surface area contributed by atoms with Crippen LogP contribution in [0.5, 0.6) is 5.75 Å². The summed E-state index contributed by atoms with van der Waals surface area (Å²) in [5, 5.41) is 10.9. The van der Waals surface area contributed by atoms with E-state index in [9.17, 15) is 5.26 Å². The van der Waals surface area contributed by atoms with Crippen LogP contribution in [-0.2, 0) is 31.0 Å². The van der Waals surface area contributed by atoms with Gasteiger partial charge in [-0.25, -0.2) is 0 Å². The molecular weight excluding hydrogens is 406 g/mol. The van der Waals surface area contributed by atoms with Gasteiger partial charge < -0.3 is 23.7 Å². The summed E-state index contributed by atoms with van der Waals surface area (Å²) in [4.78, 5) is 0. The molecule has 32 heavy (non-hydrogen) atoms. The first-order chi connectivity index (χ1) is 15.6. The lowest BCUT2D eigenvalue weighted by molar-refractivity contribution is -0.203. The highest BCUT2D eigenvalue weighted by molar-refractivity contribution is 5.46. The van der Waals surface area contributed by atoms with Gasteiger partial charge in [0.1, 0.15) is 24.9 Å². The summed E-state index contributed by atoms with van der Waals surface area (Å²) in [6, 6.07) is 9.28. The van der Waals surface area contributed by atoms with Gasteiger partial charge in [0.05, 0.1) is 24.7 Å². The minimum Gasteiger partial charge on any atom is -0.497 e. The van der Waals surface area contributed by atoms with Crippen LogP contribution in [0.4, 0.5) is 0 Å². The fourth-order valence-electron chi connectivity index (χ4n) is 7.98. The summed E-state index contributed by atoms with van der Waals surface area (Å²) < 4.78 is 29.2. The number of benzene rings is 1. The third-order valence-corrected chi connectivity index (χ3v) is 9.01. The zero-order chi connectivity index (χ0) is 22.3. The monoisotopic (exact) mass is 441 g/mol. The topological polar surface area (TPSA) is 69.9 Å². The fraction of sp³-hybridized carbons (Fsp3) is 0.731. The van der Waals surface area contributed by atoms with Crippen molar-refractivity contribution in [1.82, 2.24) is 0 Å². The van der Waals surface area contributed by atoms with Crippen molar-refractivity contribution in [1.29, 1.82) is 5.26 Å². The number of methoxy groups -OCH3 is 3. The number of hydrogen-bond acceptors (Lipinski definition) is 6. The van der Waals surface area contributed by atoms with Gasteiger partial charge in [0, 0.05) is 20.1 Å². The standard InChI is InChI=1S/C26H35NO5/c1-28-15-31-23-12-24-25(14-27,22-7-5-4-6-20(22)23)18-10-17-11-19(30-3)8-9-21(17)26(24,13-18)32-16-29-2/h8-9,11,18,20,22-24H,4-7,10,12-13,15-16H2,1-3H3/t18-,20+,22+,23+,24+,25-,26+/m0/s1. The highest BCUT2D eigenvalue weighted by Gasteiger charge is 2.72. The van der Waals surface area contributed by atoms with Crippen molar-refractivity contribution in [3.8, 4) is 11.8 Å². The Hall–Kier alpha value is -1.65. The minimum absolute atomic E-state index is 0.0657. The Morgan fingerprint density at radius 3 is 2.66 bits per heavy atom. The molecule has 1 aromatic rings. The van der Waals surface area contributed by atoms with Crippen LogP contribution in [0.25, 0.3) is 0 Å². The summed E-state index contributed by atoms with van der Waals surface area (Å²) in [6.45, 7) is 0.511. The summed E-state index contributed by atoms with van der Waals surface area (Å²) in [7, 11) is 5.05. The molecular formula is C26H35NO5. The summed E-state index contributed by atoms with van der Waals surface area (Å²) in [5.41, 5.74) is 1.52. The molecule has 3 saturated carbocycles. The number of rotatable bonds is 7. The van der Waals surface area contributed by atoms with Crippen LogP contribution in [0.3, 0.4) is 0 Å². The van der Waals surface area contributed by atoms with Crippen LogP contribution in [0.2, 0.25) is 0 Å². The highest BCUT2D eigenvalue weighted by Crippen LogP contribution is 2.71. The van der Waals surface area contributed by atoms with E-state index in [0.717, 1.165) is 37.9 Å². The summed E-state index contributed by atoms with van der Waals surface area (Å²) in [5.74, 6) is 1.93. The number of fused-ring (bicyclic) bond motifs is 9. The third-order valence-electron chi connectivity index (χ3n) is 9.01. The van der Waals surface area contributed by atoms with Gasteiger partial charge in [-0.3, -0.25) is 0 Å². The zero-order valence-corrected chi connectivity index (χ0v) is 19.5. The first-order valence-corrected chi connectivity index (χ1v) is 12.0. The van der Waals surface area contributed by atoms with Crippen LogP contribution in [0.1, 0.15) is 49.7 Å². The first-order valence-electron chi connectivity index (χ1n) is 12.0. The lowest BCUT2D eigenvalue weighted by Crippen LogP contribution is -2.55. The summed E-state index contributed by atoms with van der Waals surface area (Å²) in [6.07, 6.45) is 7.32. The molecule has 6 heteroatoms. The van der Waals surface area contributed by atoms with Crippen molar-refractivity contribution in [2.75, 3.05) is 34.9 Å². The van der Waals surface area contributed by atoms with E-state index in [1.165, 1.54) is 24.0 Å². The Labute approximate surface area is 191 Å². The van der Waals surface area contributed by atoms with E-state index in [4.69, 9.17) is 23.7 Å². The van der Waals surface area contributed by atoms with Gasteiger partial charge in [0.25, 0.3) is 0 Å². The van der Waals surface area contributed by atoms with Gasteiger partial charge in [0.2, 0.25) is 0 Å². The predicted molar refractivity (Wildman–Crippen MR) is 118 cm³/mol. The fourth-order valence-corrected chi connectivity index (χ4v) is 7.98. The molecule has 0 aliphatic heterocycles. The molecule has 0 radical (unpaired) electrons. The van der Waals surface area contributed by atoms with Crippen molar-refractivity contribution in [2.24, 2.45) is 29.1 Å². The molecule has 0 aromatic heterocycles. The van der Waals surface area contributed by atoms with Crippen LogP contribution in [-0.4, -0.2) is 41.0 Å². The van der Waals surface area contributed by atoms with Crippen LogP contribution >= 0.6 is 0 Å². The number of ether oxygens (including phenoxy) is 5. The molecule has 174 valence electrons. The van der Waals surface area contributed by atoms with Gasteiger partial charge in [-0.15, -0.1) is 0 Å². The zero-order valence-electron chi connectivity index (χ0n) is 19.5. The van der Waals surface area contributed by atoms with Crippen LogP contribution < -0.4 is 4.74 Å². The Morgan fingerprint density at radius 2 is 1.91 bits per heavy atom. The maximum absolute atomic E-state index is 10.9. The second-order valence-corrected chi connectivity index (χ2v) is 10.1. The molecule has 0 unspecified atom stereocenters. The first kappa shape index (κ1) is 22.2. The van der Waals surface area contributed by atoms with E-state index in [0.29, 0.717) is 18.6 Å². The van der Waals surface area contributed by atoms with Gasteiger partial charge in [-0.05, 0) is 73.1 Å². The maximum Gasteiger partial charge on any atom is 0.147 e. The molecule has 0 amide bonds. The van der Waals surface area contributed by atoms with E-state index in [2.05, 4.69) is 18.2 Å². The summed E-state index contributed by atoms with van der Waals surface area (Å²) >= 11 is 0. The molecule has 5 rings (SSSR count). The molecule has 4 aliphatic carbocycles. The highest BCUT2D eigenvalue weighted by atomic mass is 16.7. The second-order valence-electron chi connectivity index (χ2n) is 10.1. The van der Waals surface area contributed by atoms with Gasteiger partial charge in [-0.2, -0.15) is 5.26 Å². The second kappa shape index (κ2) is 8.61. The van der Waals surface area contributed by atoms with E-state index in [1.807, 2.05) is 6.07 Å². The van der Waals surface area contributed by atoms with Crippen molar-refractivity contribution in [3.05, 3.63) is 29.3 Å². The molecule has 0 heterocycles. The molecule has 6 nitrogen and oxygen atoms in total. The Morgan fingerprint density at radius 1 is 1.09 bits per heavy atom. The van der Waals surface area contributed by atoms with E-state index in [-0.39, 0.29) is 24.7 Å². The Kier molecular flexibility index (Phi) is 5.96. The quantitative estimate of drug-likeness (QED) is 0.584. The SMILES string of the molecule is COCO[C@@H]1C[C@@H]2[C@@](C#N)([C@H]3Cc4cc(OC)ccc4[C@]2(OCOC)C3)[C@@H]2CCCC[C@H]21. The minimum atomic E-state index is -0.534. The van der Waals surface area contributed by atoms with Gasteiger partial charge in [0.15, 0.2) is 0 Å². The van der Waals surface area contributed by atoms with Crippen molar-refractivity contribution >= 4 is 0 Å². The maximum atomic E-state index is 10.9. The molecule has 4 aliphatic rings. The molecule has 0 N–H and O–H groups in total. The predicted octanol–water partition coefficient (Wildman–Crippen LogP) is 4.41. The molecule has 0 saturated heterocycles. The van der Waals surface area contributed by atoms with Crippen molar-refractivity contribution < 1.29 is 23.7 Å². The van der Waals surface area contributed by atoms with Gasteiger partial charge >= 0.3 is 0 Å². The third kappa shape index (κ3) is 3.05. The number of nitrogens with zero attached hydrogens (tertiary/aromatic N) is 1. The van der Waals surface area contributed by atoms with Crippen LogP contribution in [0, 0.1) is 40.4 Å². The van der Waals surface area contributed by atoms with E-state index >= 15 is 0 Å². The molecule has 2 bridgehead atoms. The Bertz CT molecular complexity index is 883. The lowest BCUT2D eigenvalue weighted by Gasteiger charge is -2.54. The molecule has 1 aromatic carbocycles. The number of hydrogen-bond donors (Lipinski definition) is 0. The average molecular weight is 442 g/mol. The largest absolute Gasteiger partial charge is 0.497 e. The lowest BCUT2D eigenvalue weighted by atomic mass is 9.50. The molecule has 3 fully saturated rings. The van der Waals surface area contributed by atoms with Crippen LogP contribution in [0.15, 0.2) is 18.2 Å².